The maximum atomic E-state index is 12.3. The summed E-state index contributed by atoms with van der Waals surface area (Å²) in [5, 5.41) is 12.8. The summed E-state index contributed by atoms with van der Waals surface area (Å²) in [6, 6.07) is 13.7. The quantitative estimate of drug-likeness (QED) is 0.721. The van der Waals surface area contributed by atoms with E-state index in [0.29, 0.717) is 16.3 Å². The molecule has 0 saturated heterocycles. The van der Waals surface area contributed by atoms with Gasteiger partial charge in [0, 0.05) is 16.3 Å². The summed E-state index contributed by atoms with van der Waals surface area (Å²) in [5.74, 6) is -0.0197. The van der Waals surface area contributed by atoms with E-state index < -0.39 is 0 Å². The highest BCUT2D eigenvalue weighted by atomic mass is 35.5. The van der Waals surface area contributed by atoms with Gasteiger partial charge in [-0.05, 0) is 48.4 Å². The van der Waals surface area contributed by atoms with Crippen LogP contribution in [0.5, 0.6) is 5.75 Å². The molecule has 1 heterocycles. The van der Waals surface area contributed by atoms with Crippen LogP contribution in [0.3, 0.4) is 0 Å². The van der Waals surface area contributed by atoms with E-state index >= 15 is 0 Å². The number of hydrogen-bond donors (Lipinski definition) is 2. The van der Waals surface area contributed by atoms with E-state index in [9.17, 15) is 9.90 Å². The molecule has 0 atom stereocenters. The molecule has 3 rings (SSSR count). The molecule has 0 bridgehead atoms. The van der Waals surface area contributed by atoms with Crippen LogP contribution in [0.4, 0.5) is 5.69 Å². The molecule has 0 saturated carbocycles. The predicted molar refractivity (Wildman–Crippen MR) is 90.0 cm³/mol. The molecule has 0 fully saturated rings. The van der Waals surface area contributed by atoms with Gasteiger partial charge < -0.3 is 14.8 Å². The highest BCUT2D eigenvalue weighted by molar-refractivity contribution is 6.31. The Hall–Kier alpha value is -2.72. The Morgan fingerprint density at radius 1 is 1.13 bits per heavy atom. The van der Waals surface area contributed by atoms with E-state index in [1.165, 1.54) is 6.26 Å². The van der Waals surface area contributed by atoms with Crippen LogP contribution in [0.15, 0.2) is 59.2 Å². The molecule has 0 aliphatic rings. The number of amides is 1. The molecule has 1 aromatic heterocycles. The van der Waals surface area contributed by atoms with Crippen molar-refractivity contribution < 1.29 is 14.3 Å². The van der Waals surface area contributed by atoms with Crippen LogP contribution < -0.4 is 5.32 Å². The number of nitrogens with one attached hydrogen (secondary N) is 1. The van der Waals surface area contributed by atoms with Crippen molar-refractivity contribution in [2.45, 2.75) is 6.92 Å². The zero-order valence-electron chi connectivity index (χ0n) is 12.3. The molecular weight excluding hydrogens is 314 g/mol. The average Bonchev–Trinajstić information content (AvgIpc) is 3.01. The number of hydrogen-bond acceptors (Lipinski definition) is 3. The second-order valence-corrected chi connectivity index (χ2v) is 5.60. The summed E-state index contributed by atoms with van der Waals surface area (Å²) in [4.78, 5) is 12.3. The minimum absolute atomic E-state index is 0.157. The lowest BCUT2D eigenvalue weighted by Gasteiger charge is -2.07. The number of rotatable bonds is 3. The minimum atomic E-state index is -0.359. The van der Waals surface area contributed by atoms with Gasteiger partial charge in [0.05, 0.1) is 6.26 Å². The predicted octanol–water partition coefficient (Wildman–Crippen LogP) is 4.87. The first kappa shape index (κ1) is 15.2. The molecule has 116 valence electrons. The van der Waals surface area contributed by atoms with Gasteiger partial charge in [-0.3, -0.25) is 4.79 Å². The number of benzene rings is 2. The minimum Gasteiger partial charge on any atom is -0.508 e. The smallest absolute Gasteiger partial charge is 0.291 e. The van der Waals surface area contributed by atoms with Gasteiger partial charge in [0.2, 0.25) is 0 Å². The molecule has 1 amide bonds. The maximum Gasteiger partial charge on any atom is 0.291 e. The fourth-order valence-electron chi connectivity index (χ4n) is 2.20. The van der Waals surface area contributed by atoms with Gasteiger partial charge in [-0.2, -0.15) is 0 Å². The van der Waals surface area contributed by atoms with Crippen molar-refractivity contribution in [1.82, 2.24) is 0 Å². The number of aromatic hydroxyl groups is 1. The summed E-state index contributed by atoms with van der Waals surface area (Å²) >= 11 is 5.95. The SMILES string of the molecule is Cc1ccc(Cl)cc1NC(=O)c1cc(-c2cccc(O)c2)co1. The van der Waals surface area contributed by atoms with Crippen molar-refractivity contribution in [3.05, 3.63) is 71.1 Å². The Bertz CT molecular complexity index is 870. The van der Waals surface area contributed by atoms with Crippen LogP contribution >= 0.6 is 11.6 Å². The van der Waals surface area contributed by atoms with E-state index in [1.807, 2.05) is 19.1 Å². The largest absolute Gasteiger partial charge is 0.508 e. The summed E-state index contributed by atoms with van der Waals surface area (Å²) < 4.78 is 5.34. The molecule has 2 aromatic carbocycles. The third-order valence-corrected chi connectivity index (χ3v) is 3.69. The zero-order chi connectivity index (χ0) is 16.4. The molecule has 0 unspecified atom stereocenters. The Kier molecular flexibility index (Phi) is 4.08. The lowest BCUT2D eigenvalue weighted by molar-refractivity contribution is 0.0996. The Balaban J connectivity index is 1.82. The summed E-state index contributed by atoms with van der Waals surface area (Å²) in [6.45, 7) is 1.88. The highest BCUT2D eigenvalue weighted by Gasteiger charge is 2.14. The van der Waals surface area contributed by atoms with Crippen LogP contribution in [-0.4, -0.2) is 11.0 Å². The first-order valence-corrected chi connectivity index (χ1v) is 7.36. The third kappa shape index (κ3) is 3.38. The van der Waals surface area contributed by atoms with Crippen LogP contribution in [0.25, 0.3) is 11.1 Å². The van der Waals surface area contributed by atoms with Crippen LogP contribution in [0.2, 0.25) is 5.02 Å². The fraction of sp³-hybridized carbons (Fsp3) is 0.0556. The summed E-state index contributed by atoms with van der Waals surface area (Å²) in [6.07, 6.45) is 1.48. The number of aryl methyl sites for hydroxylation is 1. The first-order chi connectivity index (χ1) is 11.0. The standard InChI is InChI=1S/C18H14ClNO3/c1-11-5-6-14(19)9-16(11)20-18(22)17-8-13(10-23-17)12-3-2-4-15(21)7-12/h2-10,21H,1H3,(H,20,22). The van der Waals surface area contributed by atoms with Gasteiger partial charge in [0.1, 0.15) is 5.75 Å². The second kappa shape index (κ2) is 6.18. The maximum absolute atomic E-state index is 12.3. The molecule has 0 aliphatic heterocycles. The molecule has 0 spiro atoms. The van der Waals surface area contributed by atoms with Gasteiger partial charge in [0.25, 0.3) is 5.91 Å². The number of phenols is 1. The lowest BCUT2D eigenvalue weighted by Crippen LogP contribution is -2.11. The fourth-order valence-corrected chi connectivity index (χ4v) is 2.38. The molecule has 5 heteroatoms. The lowest BCUT2D eigenvalue weighted by atomic mass is 10.1. The molecule has 2 N–H and O–H groups in total. The Labute approximate surface area is 138 Å². The topological polar surface area (TPSA) is 62.5 Å². The van der Waals surface area contributed by atoms with E-state index in [1.54, 1.807) is 36.4 Å². The van der Waals surface area contributed by atoms with Crippen LogP contribution in [0.1, 0.15) is 16.1 Å². The van der Waals surface area contributed by atoms with Gasteiger partial charge in [0.15, 0.2) is 5.76 Å². The molecule has 23 heavy (non-hydrogen) atoms. The zero-order valence-corrected chi connectivity index (χ0v) is 13.1. The third-order valence-electron chi connectivity index (χ3n) is 3.45. The molecule has 3 aromatic rings. The van der Waals surface area contributed by atoms with Crippen LogP contribution in [-0.2, 0) is 0 Å². The van der Waals surface area contributed by atoms with E-state index in [4.69, 9.17) is 16.0 Å². The molecule has 0 radical (unpaired) electrons. The molecular formula is C18H14ClNO3. The Morgan fingerprint density at radius 2 is 1.96 bits per heavy atom. The normalized spacial score (nSPS) is 10.5. The Morgan fingerprint density at radius 3 is 2.74 bits per heavy atom. The molecule has 4 nitrogen and oxygen atoms in total. The first-order valence-electron chi connectivity index (χ1n) is 6.98. The number of phenolic OH excluding ortho intramolecular Hbond substituents is 1. The van der Waals surface area contributed by atoms with Crippen molar-refractivity contribution >= 4 is 23.2 Å². The average molecular weight is 328 g/mol. The van der Waals surface area contributed by atoms with Gasteiger partial charge in [-0.1, -0.05) is 29.8 Å². The summed E-state index contributed by atoms with van der Waals surface area (Å²) in [5.41, 5.74) is 3.03. The summed E-state index contributed by atoms with van der Waals surface area (Å²) in [7, 11) is 0. The van der Waals surface area contributed by atoms with Crippen molar-refractivity contribution in [3.63, 3.8) is 0 Å². The highest BCUT2D eigenvalue weighted by Crippen LogP contribution is 2.26. The van der Waals surface area contributed by atoms with Gasteiger partial charge in [-0.25, -0.2) is 0 Å². The van der Waals surface area contributed by atoms with Gasteiger partial charge >= 0.3 is 0 Å². The van der Waals surface area contributed by atoms with Crippen molar-refractivity contribution in [3.8, 4) is 16.9 Å². The number of halogens is 1. The van der Waals surface area contributed by atoms with E-state index in [2.05, 4.69) is 5.32 Å². The second-order valence-electron chi connectivity index (χ2n) is 5.16. The van der Waals surface area contributed by atoms with Crippen LogP contribution in [0, 0.1) is 6.92 Å². The van der Waals surface area contributed by atoms with Crippen molar-refractivity contribution in [2.24, 2.45) is 0 Å². The number of furan rings is 1. The monoisotopic (exact) mass is 327 g/mol. The van der Waals surface area contributed by atoms with Gasteiger partial charge in [-0.15, -0.1) is 0 Å². The van der Waals surface area contributed by atoms with Crippen molar-refractivity contribution in [1.29, 1.82) is 0 Å². The number of anilines is 1. The van der Waals surface area contributed by atoms with E-state index in [-0.39, 0.29) is 17.4 Å². The van der Waals surface area contributed by atoms with Crippen molar-refractivity contribution in [2.75, 3.05) is 5.32 Å². The molecule has 0 aliphatic carbocycles. The number of carbonyl (C=O) groups excluding carboxylic acids is 1. The van der Waals surface area contributed by atoms with E-state index in [0.717, 1.165) is 11.1 Å². The number of carbonyl (C=O) groups is 1.